The van der Waals surface area contributed by atoms with Gasteiger partial charge in [-0.15, -0.1) is 0 Å². The van der Waals surface area contributed by atoms with Crippen molar-refractivity contribution in [3.05, 3.63) is 42.0 Å². The average molecular weight is 233 g/mol. The van der Waals surface area contributed by atoms with Crippen LogP contribution in [0, 0.1) is 0 Å². The quantitative estimate of drug-likeness (QED) is 0.356. The number of nitrogen functional groups attached to an aromatic ring is 1. The Bertz CT molecular complexity index is 399. The van der Waals surface area contributed by atoms with Crippen molar-refractivity contribution in [3.63, 3.8) is 0 Å². The number of benzene rings is 1. The number of anilines is 1. The van der Waals surface area contributed by atoms with Crippen LogP contribution in [-0.2, 0) is 16.0 Å². The summed E-state index contributed by atoms with van der Waals surface area (Å²) < 4.78 is 5.00. The van der Waals surface area contributed by atoms with Crippen LogP contribution in [0.15, 0.2) is 36.4 Å². The van der Waals surface area contributed by atoms with Crippen LogP contribution in [0.4, 0.5) is 5.69 Å². The Morgan fingerprint density at radius 3 is 2.82 bits per heavy atom. The second-order valence-electron chi connectivity index (χ2n) is 4.12. The monoisotopic (exact) mass is 233 g/mol. The number of ether oxygens (including phenoxy) is 1. The van der Waals surface area contributed by atoms with Crippen molar-refractivity contribution in [1.29, 1.82) is 0 Å². The number of nitrogens with two attached hydrogens (primary N) is 1. The van der Waals surface area contributed by atoms with E-state index in [1.54, 1.807) is 6.92 Å². The molecule has 0 heterocycles. The zero-order valence-electron chi connectivity index (χ0n) is 10.2. The molecule has 0 unspecified atom stereocenters. The van der Waals surface area contributed by atoms with E-state index in [2.05, 4.69) is 12.6 Å². The Kier molecular flexibility index (Phi) is 5.27. The molecule has 0 fully saturated rings. The van der Waals surface area contributed by atoms with Crippen LogP contribution in [0.3, 0.4) is 0 Å². The fourth-order valence-electron chi connectivity index (χ4n) is 1.47. The molecule has 3 heteroatoms. The van der Waals surface area contributed by atoms with Gasteiger partial charge in [-0.25, -0.2) is 4.79 Å². The van der Waals surface area contributed by atoms with Crippen molar-refractivity contribution in [3.8, 4) is 0 Å². The van der Waals surface area contributed by atoms with Gasteiger partial charge >= 0.3 is 5.97 Å². The first-order chi connectivity index (χ1) is 8.09. The predicted octanol–water partition coefficient (Wildman–Crippen LogP) is 2.71. The van der Waals surface area contributed by atoms with Crippen LogP contribution in [-0.4, -0.2) is 12.6 Å². The van der Waals surface area contributed by atoms with E-state index in [-0.39, 0.29) is 5.97 Å². The minimum Gasteiger partial charge on any atom is -0.462 e. The molecule has 1 aromatic carbocycles. The summed E-state index contributed by atoms with van der Waals surface area (Å²) in [6.07, 6.45) is 2.79. The van der Waals surface area contributed by atoms with Gasteiger partial charge in [0.15, 0.2) is 0 Å². The third-order valence-electron chi connectivity index (χ3n) is 2.39. The lowest BCUT2D eigenvalue weighted by molar-refractivity contribution is -0.139. The third kappa shape index (κ3) is 5.20. The molecule has 0 radical (unpaired) electrons. The lowest BCUT2D eigenvalue weighted by Crippen LogP contribution is -2.06. The summed E-state index contributed by atoms with van der Waals surface area (Å²) in [7, 11) is 0. The molecule has 1 aromatic rings. The lowest BCUT2D eigenvalue weighted by atomic mass is 10.1. The topological polar surface area (TPSA) is 52.3 Å². The molecule has 0 saturated heterocycles. The van der Waals surface area contributed by atoms with E-state index in [1.807, 2.05) is 18.2 Å². The molecule has 0 aliphatic rings. The number of aryl methyl sites for hydroxylation is 1. The fraction of sp³-hybridized carbons (Fsp3) is 0.357. The molecular weight excluding hydrogens is 214 g/mol. The zero-order valence-corrected chi connectivity index (χ0v) is 10.2. The fourth-order valence-corrected chi connectivity index (χ4v) is 1.47. The number of carbonyl (C=O) groups excluding carboxylic acids is 1. The molecule has 0 atom stereocenters. The van der Waals surface area contributed by atoms with E-state index < -0.39 is 0 Å². The maximum absolute atomic E-state index is 11.1. The van der Waals surface area contributed by atoms with Gasteiger partial charge in [0.05, 0.1) is 6.61 Å². The largest absolute Gasteiger partial charge is 0.462 e. The summed E-state index contributed by atoms with van der Waals surface area (Å²) in [5.74, 6) is -0.311. The highest BCUT2D eigenvalue weighted by Gasteiger charge is 2.02. The molecule has 17 heavy (non-hydrogen) atoms. The van der Waals surface area contributed by atoms with Crippen molar-refractivity contribution < 1.29 is 9.53 Å². The van der Waals surface area contributed by atoms with E-state index in [1.165, 1.54) is 5.56 Å². The molecule has 1 rings (SSSR count). The normalized spacial score (nSPS) is 9.94. The summed E-state index contributed by atoms with van der Waals surface area (Å²) in [6.45, 7) is 5.62. The highest BCUT2D eigenvalue weighted by Crippen LogP contribution is 2.09. The molecule has 92 valence electrons. The first kappa shape index (κ1) is 13.3. The van der Waals surface area contributed by atoms with Crippen molar-refractivity contribution in [2.75, 3.05) is 12.3 Å². The summed E-state index contributed by atoms with van der Waals surface area (Å²) in [4.78, 5) is 11.1. The van der Waals surface area contributed by atoms with Gasteiger partial charge in [0.1, 0.15) is 0 Å². The number of unbranched alkanes of at least 4 members (excludes halogenated alkanes) is 1. The van der Waals surface area contributed by atoms with Crippen LogP contribution >= 0.6 is 0 Å². The Hall–Kier alpha value is -1.77. The van der Waals surface area contributed by atoms with Crippen LogP contribution in [0.25, 0.3) is 0 Å². The van der Waals surface area contributed by atoms with E-state index in [0.29, 0.717) is 12.2 Å². The van der Waals surface area contributed by atoms with Crippen LogP contribution in [0.5, 0.6) is 0 Å². The van der Waals surface area contributed by atoms with Crippen molar-refractivity contribution in [1.82, 2.24) is 0 Å². The predicted molar refractivity (Wildman–Crippen MR) is 69.6 cm³/mol. The molecule has 0 amide bonds. The Morgan fingerprint density at radius 2 is 2.18 bits per heavy atom. The van der Waals surface area contributed by atoms with E-state index in [9.17, 15) is 4.79 Å². The molecule has 0 aliphatic heterocycles. The highest BCUT2D eigenvalue weighted by atomic mass is 16.5. The van der Waals surface area contributed by atoms with Crippen molar-refractivity contribution in [2.45, 2.75) is 26.2 Å². The van der Waals surface area contributed by atoms with E-state index in [0.717, 1.165) is 24.9 Å². The summed E-state index contributed by atoms with van der Waals surface area (Å²) in [5, 5.41) is 0. The Balaban J connectivity index is 2.16. The summed E-state index contributed by atoms with van der Waals surface area (Å²) >= 11 is 0. The van der Waals surface area contributed by atoms with Gasteiger partial charge in [-0.1, -0.05) is 18.7 Å². The van der Waals surface area contributed by atoms with E-state index in [4.69, 9.17) is 10.5 Å². The smallest absolute Gasteiger partial charge is 0.333 e. The molecular formula is C14H19NO2. The number of esters is 1. The second-order valence-corrected chi connectivity index (χ2v) is 4.12. The SMILES string of the molecule is C=C(C)C(=O)OCCCCc1cccc(N)c1. The van der Waals surface area contributed by atoms with Gasteiger partial charge in [-0.05, 0) is 43.9 Å². The van der Waals surface area contributed by atoms with Gasteiger partial charge in [0.25, 0.3) is 0 Å². The minimum absolute atomic E-state index is 0.311. The van der Waals surface area contributed by atoms with Gasteiger partial charge in [0.2, 0.25) is 0 Å². The minimum atomic E-state index is -0.311. The lowest BCUT2D eigenvalue weighted by Gasteiger charge is -2.05. The molecule has 0 aromatic heterocycles. The number of hydrogen-bond donors (Lipinski definition) is 1. The van der Waals surface area contributed by atoms with Crippen LogP contribution in [0.2, 0.25) is 0 Å². The standard InChI is InChI=1S/C14H19NO2/c1-11(2)14(16)17-9-4-3-6-12-7-5-8-13(15)10-12/h5,7-8,10H,1,3-4,6,9,15H2,2H3. The Morgan fingerprint density at radius 1 is 1.41 bits per heavy atom. The molecule has 3 nitrogen and oxygen atoms in total. The van der Waals surface area contributed by atoms with Crippen LogP contribution < -0.4 is 5.73 Å². The number of hydrogen-bond acceptors (Lipinski definition) is 3. The molecule has 2 N–H and O–H groups in total. The number of rotatable bonds is 6. The zero-order chi connectivity index (χ0) is 12.7. The van der Waals surface area contributed by atoms with Gasteiger partial charge in [0, 0.05) is 11.3 Å². The maximum Gasteiger partial charge on any atom is 0.333 e. The first-order valence-electron chi connectivity index (χ1n) is 5.76. The van der Waals surface area contributed by atoms with Crippen molar-refractivity contribution >= 4 is 11.7 Å². The van der Waals surface area contributed by atoms with Crippen molar-refractivity contribution in [2.24, 2.45) is 0 Å². The maximum atomic E-state index is 11.1. The third-order valence-corrected chi connectivity index (χ3v) is 2.39. The van der Waals surface area contributed by atoms with Gasteiger partial charge < -0.3 is 10.5 Å². The van der Waals surface area contributed by atoms with Crippen LogP contribution in [0.1, 0.15) is 25.3 Å². The molecule has 0 aliphatic carbocycles. The first-order valence-corrected chi connectivity index (χ1v) is 5.76. The summed E-state index contributed by atoms with van der Waals surface area (Å²) in [5.41, 5.74) is 8.14. The highest BCUT2D eigenvalue weighted by molar-refractivity contribution is 5.86. The second kappa shape index (κ2) is 6.74. The molecule has 0 spiro atoms. The van der Waals surface area contributed by atoms with Gasteiger partial charge in [-0.3, -0.25) is 0 Å². The molecule has 0 bridgehead atoms. The molecule has 0 saturated carbocycles. The Labute approximate surface area is 102 Å². The van der Waals surface area contributed by atoms with E-state index >= 15 is 0 Å². The van der Waals surface area contributed by atoms with Gasteiger partial charge in [-0.2, -0.15) is 0 Å². The number of carbonyl (C=O) groups is 1. The summed E-state index contributed by atoms with van der Waals surface area (Å²) in [6, 6.07) is 7.85. The average Bonchev–Trinajstić information content (AvgIpc) is 2.28.